The lowest BCUT2D eigenvalue weighted by molar-refractivity contribution is -0.115. The number of fused-ring (bicyclic) bond motifs is 1. The van der Waals surface area contributed by atoms with Crippen molar-refractivity contribution in [1.82, 2.24) is 9.21 Å². The van der Waals surface area contributed by atoms with Gasteiger partial charge in [-0.05, 0) is 34.9 Å². The van der Waals surface area contributed by atoms with E-state index in [1.54, 1.807) is 22.5 Å². The SMILES string of the molecule is O=C1Cc2cc(S(=O)(=O)N3CCN(C(c4ccccc4)c4ccccc4)CC3)ccc2N1. The average molecular weight is 448 g/mol. The van der Waals surface area contributed by atoms with Gasteiger partial charge in [-0.15, -0.1) is 0 Å². The van der Waals surface area contributed by atoms with Crippen LogP contribution in [0.5, 0.6) is 0 Å². The summed E-state index contributed by atoms with van der Waals surface area (Å²) in [7, 11) is -3.61. The monoisotopic (exact) mass is 447 g/mol. The Kier molecular flexibility index (Phi) is 5.55. The van der Waals surface area contributed by atoms with E-state index in [9.17, 15) is 13.2 Å². The van der Waals surface area contributed by atoms with E-state index in [2.05, 4.69) is 34.5 Å². The number of hydrogen-bond acceptors (Lipinski definition) is 4. The second kappa shape index (κ2) is 8.50. The zero-order valence-corrected chi connectivity index (χ0v) is 18.5. The van der Waals surface area contributed by atoms with Crippen LogP contribution in [0.2, 0.25) is 0 Å². The van der Waals surface area contributed by atoms with Gasteiger partial charge in [-0.2, -0.15) is 4.31 Å². The Morgan fingerprint density at radius 2 is 1.38 bits per heavy atom. The lowest BCUT2D eigenvalue weighted by Gasteiger charge is -2.39. The van der Waals surface area contributed by atoms with Crippen LogP contribution in [0.1, 0.15) is 22.7 Å². The van der Waals surface area contributed by atoms with E-state index in [-0.39, 0.29) is 23.3 Å². The number of carbonyl (C=O) groups excluding carboxylic acids is 1. The van der Waals surface area contributed by atoms with Crippen LogP contribution in [0, 0.1) is 0 Å². The number of sulfonamides is 1. The number of anilines is 1. The van der Waals surface area contributed by atoms with E-state index < -0.39 is 10.0 Å². The Morgan fingerprint density at radius 1 is 0.781 bits per heavy atom. The van der Waals surface area contributed by atoms with Gasteiger partial charge in [0.05, 0.1) is 17.4 Å². The van der Waals surface area contributed by atoms with Gasteiger partial charge in [0.25, 0.3) is 0 Å². The summed E-state index contributed by atoms with van der Waals surface area (Å²) < 4.78 is 28.1. The first kappa shape index (κ1) is 20.9. The van der Waals surface area contributed by atoms with Crippen LogP contribution in [0.3, 0.4) is 0 Å². The third kappa shape index (κ3) is 3.95. The highest BCUT2D eigenvalue weighted by Gasteiger charge is 2.33. The van der Waals surface area contributed by atoms with Gasteiger partial charge in [0, 0.05) is 31.9 Å². The smallest absolute Gasteiger partial charge is 0.243 e. The third-order valence-electron chi connectivity index (χ3n) is 6.21. The van der Waals surface area contributed by atoms with Crippen LogP contribution in [0.15, 0.2) is 83.8 Å². The minimum Gasteiger partial charge on any atom is -0.326 e. The van der Waals surface area contributed by atoms with Gasteiger partial charge < -0.3 is 5.32 Å². The van der Waals surface area contributed by atoms with E-state index in [1.807, 2.05) is 36.4 Å². The van der Waals surface area contributed by atoms with Gasteiger partial charge >= 0.3 is 0 Å². The van der Waals surface area contributed by atoms with Gasteiger partial charge in [-0.1, -0.05) is 60.7 Å². The van der Waals surface area contributed by atoms with E-state index in [4.69, 9.17) is 0 Å². The molecule has 1 fully saturated rings. The van der Waals surface area contributed by atoms with Gasteiger partial charge in [0.2, 0.25) is 15.9 Å². The molecule has 0 unspecified atom stereocenters. The zero-order valence-electron chi connectivity index (χ0n) is 17.6. The van der Waals surface area contributed by atoms with E-state index in [0.717, 1.165) is 5.56 Å². The van der Waals surface area contributed by atoms with E-state index >= 15 is 0 Å². The number of nitrogens with one attached hydrogen (secondary N) is 1. The van der Waals surface area contributed by atoms with Crippen molar-refractivity contribution in [3.05, 3.63) is 95.6 Å². The third-order valence-corrected chi connectivity index (χ3v) is 8.10. The molecule has 0 atom stereocenters. The number of nitrogens with zero attached hydrogens (tertiary/aromatic N) is 2. The van der Waals surface area contributed by atoms with Crippen molar-refractivity contribution in [3.8, 4) is 0 Å². The molecule has 2 aliphatic rings. The van der Waals surface area contributed by atoms with Crippen molar-refractivity contribution in [2.24, 2.45) is 0 Å². The predicted octanol–water partition coefficient (Wildman–Crippen LogP) is 3.28. The molecule has 0 bridgehead atoms. The van der Waals surface area contributed by atoms with E-state index in [0.29, 0.717) is 31.9 Å². The maximum absolute atomic E-state index is 13.3. The Hall–Kier alpha value is -3.00. The number of benzene rings is 3. The molecule has 1 amide bonds. The Morgan fingerprint density at radius 3 is 1.97 bits per heavy atom. The highest BCUT2D eigenvalue weighted by molar-refractivity contribution is 7.89. The molecule has 3 aromatic carbocycles. The summed E-state index contributed by atoms with van der Waals surface area (Å²) in [6.07, 6.45) is 0.225. The van der Waals surface area contributed by atoms with Crippen LogP contribution < -0.4 is 5.32 Å². The molecular weight excluding hydrogens is 422 g/mol. The summed E-state index contributed by atoms with van der Waals surface area (Å²) in [5.41, 5.74) is 3.84. The topological polar surface area (TPSA) is 69.7 Å². The number of rotatable bonds is 5. The normalized spacial score (nSPS) is 17.3. The molecule has 1 saturated heterocycles. The number of hydrogen-bond donors (Lipinski definition) is 1. The Balaban J connectivity index is 1.36. The molecule has 0 saturated carbocycles. The van der Waals surface area contributed by atoms with Crippen molar-refractivity contribution in [2.45, 2.75) is 17.4 Å². The largest absolute Gasteiger partial charge is 0.326 e. The maximum atomic E-state index is 13.3. The van der Waals surface area contributed by atoms with Crippen molar-refractivity contribution in [1.29, 1.82) is 0 Å². The summed E-state index contributed by atoms with van der Waals surface area (Å²) in [6.45, 7) is 2.12. The van der Waals surface area contributed by atoms with Gasteiger partial charge in [-0.3, -0.25) is 9.69 Å². The van der Waals surface area contributed by atoms with Crippen molar-refractivity contribution in [3.63, 3.8) is 0 Å². The molecule has 0 radical (unpaired) electrons. The number of amides is 1. The van der Waals surface area contributed by atoms with Crippen LogP contribution in [-0.4, -0.2) is 49.7 Å². The maximum Gasteiger partial charge on any atom is 0.243 e. The molecule has 32 heavy (non-hydrogen) atoms. The van der Waals surface area contributed by atoms with Crippen molar-refractivity contribution >= 4 is 21.6 Å². The standard InChI is InChI=1S/C25H25N3O3S/c29-24-18-21-17-22(11-12-23(21)26-24)32(30,31)28-15-13-27(14-16-28)25(19-7-3-1-4-8-19)20-9-5-2-6-10-20/h1-12,17,25H,13-16,18H2,(H,26,29). The van der Waals surface area contributed by atoms with Gasteiger partial charge in [-0.25, -0.2) is 8.42 Å². The molecule has 6 nitrogen and oxygen atoms in total. The lowest BCUT2D eigenvalue weighted by atomic mass is 9.96. The fourth-order valence-corrected chi connectivity index (χ4v) is 6.08. The Bertz CT molecular complexity index is 1180. The molecule has 7 heteroatoms. The quantitative estimate of drug-likeness (QED) is 0.652. The average Bonchev–Trinajstić information content (AvgIpc) is 3.20. The molecule has 164 valence electrons. The molecule has 5 rings (SSSR count). The summed E-state index contributed by atoms with van der Waals surface area (Å²) >= 11 is 0. The molecule has 1 N–H and O–H groups in total. The predicted molar refractivity (Wildman–Crippen MR) is 124 cm³/mol. The van der Waals surface area contributed by atoms with E-state index in [1.165, 1.54) is 11.1 Å². The minimum atomic E-state index is -3.61. The first-order chi connectivity index (χ1) is 15.5. The van der Waals surface area contributed by atoms with Crippen molar-refractivity contribution < 1.29 is 13.2 Å². The second-order valence-corrected chi connectivity index (χ2v) is 10.1. The fourth-order valence-electron chi connectivity index (χ4n) is 4.60. The summed E-state index contributed by atoms with van der Waals surface area (Å²) in [6, 6.07) is 25.7. The number of piperazine rings is 1. The summed E-state index contributed by atoms with van der Waals surface area (Å²) in [4.78, 5) is 14.2. The Labute approximate surface area is 188 Å². The molecule has 0 aliphatic carbocycles. The zero-order chi connectivity index (χ0) is 22.1. The molecule has 3 aromatic rings. The number of carbonyl (C=O) groups is 1. The second-order valence-electron chi connectivity index (χ2n) is 8.21. The van der Waals surface area contributed by atoms with Crippen LogP contribution in [-0.2, 0) is 21.2 Å². The molecule has 2 aliphatic heterocycles. The van der Waals surface area contributed by atoms with Crippen LogP contribution >= 0.6 is 0 Å². The lowest BCUT2D eigenvalue weighted by Crippen LogP contribution is -2.49. The minimum absolute atomic E-state index is 0.0827. The molecule has 0 spiro atoms. The summed E-state index contributed by atoms with van der Waals surface area (Å²) in [5, 5.41) is 2.75. The first-order valence-electron chi connectivity index (χ1n) is 10.8. The van der Waals surface area contributed by atoms with Crippen molar-refractivity contribution in [2.75, 3.05) is 31.5 Å². The fraction of sp³-hybridized carbons (Fsp3) is 0.240. The van der Waals surface area contributed by atoms with Gasteiger partial charge in [0.15, 0.2) is 0 Å². The van der Waals surface area contributed by atoms with Crippen LogP contribution in [0.25, 0.3) is 0 Å². The molecule has 2 heterocycles. The summed E-state index contributed by atoms with van der Waals surface area (Å²) in [5.74, 6) is -0.101. The molecular formula is C25H25N3O3S. The van der Waals surface area contributed by atoms with Crippen LogP contribution in [0.4, 0.5) is 5.69 Å². The van der Waals surface area contributed by atoms with Gasteiger partial charge in [0.1, 0.15) is 0 Å². The first-order valence-corrected chi connectivity index (χ1v) is 12.2. The highest BCUT2D eigenvalue weighted by atomic mass is 32.2. The highest BCUT2D eigenvalue weighted by Crippen LogP contribution is 2.31. The molecule has 0 aromatic heterocycles.